The van der Waals surface area contributed by atoms with Crippen molar-refractivity contribution in [1.82, 2.24) is 9.97 Å². The van der Waals surface area contributed by atoms with Gasteiger partial charge in [0.2, 0.25) is 0 Å². The second-order valence-electron chi connectivity index (χ2n) is 6.33. The summed E-state index contributed by atoms with van der Waals surface area (Å²) in [7, 11) is 4.80. The predicted molar refractivity (Wildman–Crippen MR) is 123 cm³/mol. The average molecular weight is 454 g/mol. The van der Waals surface area contributed by atoms with Crippen molar-refractivity contribution in [3.63, 3.8) is 0 Å². The highest BCUT2D eigenvalue weighted by atomic mass is 32.1. The van der Waals surface area contributed by atoms with Crippen LogP contribution in [-0.2, 0) is 0 Å². The van der Waals surface area contributed by atoms with Gasteiger partial charge in [-0.25, -0.2) is 9.97 Å². The van der Waals surface area contributed by atoms with E-state index in [1.807, 2.05) is 47.8 Å². The molecule has 0 saturated carbocycles. The molecule has 7 nitrogen and oxygen atoms in total. The largest absolute Gasteiger partial charge is 0.497 e. The molecule has 0 atom stereocenters. The number of rotatable bonds is 7. The van der Waals surface area contributed by atoms with Crippen LogP contribution in [0.15, 0.2) is 53.2 Å². The molecule has 0 aliphatic heterocycles. The zero-order chi connectivity index (χ0) is 21.8. The van der Waals surface area contributed by atoms with Gasteiger partial charge in [0.05, 0.1) is 27.0 Å². The summed E-state index contributed by atoms with van der Waals surface area (Å²) in [6.07, 6.45) is 0. The molecule has 0 bridgehead atoms. The van der Waals surface area contributed by atoms with Crippen LogP contribution in [0.5, 0.6) is 17.2 Å². The Kier molecular flexibility index (Phi) is 6.15. The Morgan fingerprint density at radius 3 is 2.29 bits per heavy atom. The third-order valence-electron chi connectivity index (χ3n) is 4.48. The Morgan fingerprint density at radius 1 is 0.839 bits per heavy atom. The average Bonchev–Trinajstić information content (AvgIpc) is 3.49. The summed E-state index contributed by atoms with van der Waals surface area (Å²) in [6.45, 7) is 0. The Bertz CT molecular complexity index is 1200. The van der Waals surface area contributed by atoms with Crippen molar-refractivity contribution in [3.05, 3.63) is 58.9 Å². The van der Waals surface area contributed by atoms with Gasteiger partial charge in [-0.2, -0.15) is 0 Å². The maximum absolute atomic E-state index is 12.6. The number of ether oxygens (including phenoxy) is 3. The first-order chi connectivity index (χ1) is 15.1. The van der Waals surface area contributed by atoms with E-state index in [0.29, 0.717) is 22.3 Å². The van der Waals surface area contributed by atoms with E-state index in [-0.39, 0.29) is 5.91 Å². The smallest absolute Gasteiger partial charge is 0.276 e. The van der Waals surface area contributed by atoms with Gasteiger partial charge in [-0.3, -0.25) is 10.1 Å². The maximum atomic E-state index is 12.6. The van der Waals surface area contributed by atoms with E-state index in [1.165, 1.54) is 22.7 Å². The molecule has 0 unspecified atom stereocenters. The quantitative estimate of drug-likeness (QED) is 0.414. The first-order valence-electron chi connectivity index (χ1n) is 9.20. The molecule has 2 heterocycles. The monoisotopic (exact) mass is 453 g/mol. The molecule has 0 saturated heterocycles. The fourth-order valence-corrected chi connectivity index (χ4v) is 4.39. The molecular weight excluding hydrogens is 434 g/mol. The molecule has 1 amide bonds. The number of methoxy groups -OCH3 is 3. The molecule has 0 spiro atoms. The van der Waals surface area contributed by atoms with Gasteiger partial charge in [0.25, 0.3) is 5.91 Å². The van der Waals surface area contributed by atoms with Crippen molar-refractivity contribution in [1.29, 1.82) is 0 Å². The molecule has 2 aromatic heterocycles. The van der Waals surface area contributed by atoms with Crippen LogP contribution in [0.25, 0.3) is 21.8 Å². The lowest BCUT2D eigenvalue weighted by atomic mass is 10.1. The zero-order valence-corrected chi connectivity index (χ0v) is 18.7. The van der Waals surface area contributed by atoms with Gasteiger partial charge >= 0.3 is 0 Å². The molecule has 0 aliphatic carbocycles. The number of thiazole rings is 2. The minimum absolute atomic E-state index is 0.302. The molecule has 0 radical (unpaired) electrons. The van der Waals surface area contributed by atoms with Crippen LogP contribution in [0.2, 0.25) is 0 Å². The number of anilines is 1. The number of nitrogens with zero attached hydrogens (tertiary/aromatic N) is 2. The van der Waals surface area contributed by atoms with Crippen LogP contribution < -0.4 is 19.5 Å². The third-order valence-corrected chi connectivity index (χ3v) is 6.13. The van der Waals surface area contributed by atoms with E-state index < -0.39 is 0 Å². The second kappa shape index (κ2) is 9.15. The van der Waals surface area contributed by atoms with Crippen LogP contribution >= 0.6 is 22.7 Å². The minimum atomic E-state index is -0.302. The summed E-state index contributed by atoms with van der Waals surface area (Å²) in [5, 5.41) is 7.69. The zero-order valence-electron chi connectivity index (χ0n) is 17.0. The van der Waals surface area contributed by atoms with Crippen LogP contribution in [0.1, 0.15) is 10.5 Å². The van der Waals surface area contributed by atoms with Crippen molar-refractivity contribution in [2.75, 3.05) is 26.6 Å². The standard InChI is InChI=1S/C22H19N3O4S2/c1-27-15-7-4-13(5-8-15)21-23-17(12-30-21)20(26)25-22-24-16(11-31-22)14-6-9-18(28-2)19(10-14)29-3/h4-12H,1-3H3,(H,24,25,26). The van der Waals surface area contributed by atoms with Crippen LogP contribution in [-0.4, -0.2) is 37.2 Å². The lowest BCUT2D eigenvalue weighted by molar-refractivity contribution is 0.102. The number of carbonyl (C=O) groups is 1. The number of nitrogens with one attached hydrogen (secondary N) is 1. The maximum Gasteiger partial charge on any atom is 0.276 e. The van der Waals surface area contributed by atoms with E-state index in [0.717, 1.165) is 27.6 Å². The van der Waals surface area contributed by atoms with E-state index in [1.54, 1.807) is 26.7 Å². The molecule has 1 N–H and O–H groups in total. The predicted octanol–water partition coefficient (Wildman–Crippen LogP) is 5.21. The summed E-state index contributed by atoms with van der Waals surface area (Å²) in [5.41, 5.74) is 2.87. The lowest BCUT2D eigenvalue weighted by Gasteiger charge is -2.08. The lowest BCUT2D eigenvalue weighted by Crippen LogP contribution is -2.12. The van der Waals surface area contributed by atoms with Gasteiger partial charge in [0.1, 0.15) is 16.5 Å². The Hall–Kier alpha value is -3.43. The summed E-state index contributed by atoms with van der Waals surface area (Å²) in [6, 6.07) is 13.1. The number of hydrogen-bond donors (Lipinski definition) is 1. The summed E-state index contributed by atoms with van der Waals surface area (Å²) in [5.74, 6) is 1.73. The Balaban J connectivity index is 1.47. The normalized spacial score (nSPS) is 10.5. The second-order valence-corrected chi connectivity index (χ2v) is 8.04. The van der Waals surface area contributed by atoms with E-state index in [9.17, 15) is 4.79 Å². The number of carbonyl (C=O) groups excluding carboxylic acids is 1. The first kappa shape index (κ1) is 20.8. The van der Waals surface area contributed by atoms with Crippen LogP contribution in [0.3, 0.4) is 0 Å². The SMILES string of the molecule is COc1ccc(-c2nc(C(=O)Nc3nc(-c4ccc(OC)c(OC)c4)cs3)cs2)cc1. The number of hydrogen-bond acceptors (Lipinski definition) is 8. The minimum Gasteiger partial charge on any atom is -0.497 e. The first-order valence-corrected chi connectivity index (χ1v) is 11.0. The topological polar surface area (TPSA) is 82.6 Å². The molecule has 0 aliphatic rings. The summed E-state index contributed by atoms with van der Waals surface area (Å²) < 4.78 is 15.8. The Morgan fingerprint density at radius 2 is 1.58 bits per heavy atom. The van der Waals surface area contributed by atoms with Gasteiger partial charge < -0.3 is 14.2 Å². The van der Waals surface area contributed by atoms with Crippen LogP contribution in [0.4, 0.5) is 5.13 Å². The molecule has 31 heavy (non-hydrogen) atoms. The fraction of sp³-hybridized carbons (Fsp3) is 0.136. The van der Waals surface area contributed by atoms with Gasteiger partial charge in [-0.05, 0) is 42.5 Å². The van der Waals surface area contributed by atoms with Crippen LogP contribution in [0, 0.1) is 0 Å². The molecule has 4 aromatic rings. The van der Waals surface area contributed by atoms with E-state index in [4.69, 9.17) is 14.2 Å². The molecule has 4 rings (SSSR count). The molecule has 158 valence electrons. The third kappa shape index (κ3) is 4.52. The fourth-order valence-electron chi connectivity index (χ4n) is 2.86. The van der Waals surface area contributed by atoms with Gasteiger partial charge in [-0.15, -0.1) is 22.7 Å². The molecule has 9 heteroatoms. The highest BCUT2D eigenvalue weighted by molar-refractivity contribution is 7.14. The van der Waals surface area contributed by atoms with E-state index in [2.05, 4.69) is 15.3 Å². The molecule has 2 aromatic carbocycles. The van der Waals surface area contributed by atoms with Crippen molar-refractivity contribution < 1.29 is 19.0 Å². The van der Waals surface area contributed by atoms with E-state index >= 15 is 0 Å². The molecular formula is C22H19N3O4S2. The number of amides is 1. The van der Waals surface area contributed by atoms with Crippen molar-refractivity contribution in [2.45, 2.75) is 0 Å². The highest BCUT2D eigenvalue weighted by Gasteiger charge is 2.15. The Labute approximate surface area is 187 Å². The van der Waals surface area contributed by atoms with Crippen molar-refractivity contribution >= 4 is 33.7 Å². The van der Waals surface area contributed by atoms with Gasteiger partial charge in [0, 0.05) is 21.9 Å². The summed E-state index contributed by atoms with van der Waals surface area (Å²) in [4.78, 5) is 21.6. The van der Waals surface area contributed by atoms with Crippen molar-refractivity contribution in [3.8, 4) is 39.1 Å². The van der Waals surface area contributed by atoms with Gasteiger partial charge in [0.15, 0.2) is 16.6 Å². The highest BCUT2D eigenvalue weighted by Crippen LogP contribution is 2.33. The van der Waals surface area contributed by atoms with Crippen molar-refractivity contribution in [2.24, 2.45) is 0 Å². The van der Waals surface area contributed by atoms with Gasteiger partial charge in [-0.1, -0.05) is 0 Å². The summed E-state index contributed by atoms with van der Waals surface area (Å²) >= 11 is 2.75. The molecule has 0 fully saturated rings. The number of benzene rings is 2. The number of aromatic nitrogens is 2.